The fraction of sp³-hybridized carbons (Fsp3) is 0.167. The molecular weight excluding hydrogens is 202 g/mol. The van der Waals surface area contributed by atoms with Crippen molar-refractivity contribution in [2.75, 3.05) is 12.8 Å². The van der Waals surface area contributed by atoms with Crippen LogP contribution >= 0.6 is 0 Å². The van der Waals surface area contributed by atoms with E-state index in [1.165, 1.54) is 4.90 Å². The van der Waals surface area contributed by atoms with E-state index in [1.807, 2.05) is 18.2 Å². The molecule has 1 aromatic carbocycles. The first kappa shape index (κ1) is 10.4. The molecule has 0 atom stereocenters. The van der Waals surface area contributed by atoms with E-state index in [9.17, 15) is 4.79 Å². The van der Waals surface area contributed by atoms with Gasteiger partial charge < -0.3 is 5.73 Å². The highest BCUT2D eigenvalue weighted by Gasteiger charge is 2.23. The molecule has 1 amide bonds. The Hall–Kier alpha value is -2.10. The SMILES string of the molecule is CC1=N/C(=C\c2cccc(N)c2)C(=O)N1C. The zero-order chi connectivity index (χ0) is 11.7. The molecule has 0 bridgehead atoms. The Kier molecular flexibility index (Phi) is 2.48. The topological polar surface area (TPSA) is 58.7 Å². The smallest absolute Gasteiger partial charge is 0.277 e. The van der Waals surface area contributed by atoms with Gasteiger partial charge in [0.05, 0.1) is 0 Å². The van der Waals surface area contributed by atoms with Gasteiger partial charge in [0, 0.05) is 12.7 Å². The molecule has 0 aromatic heterocycles. The van der Waals surface area contributed by atoms with Gasteiger partial charge in [-0.05, 0) is 30.7 Å². The van der Waals surface area contributed by atoms with Crippen molar-refractivity contribution in [1.29, 1.82) is 0 Å². The van der Waals surface area contributed by atoms with E-state index in [0.717, 1.165) is 5.56 Å². The molecule has 0 aliphatic carbocycles. The van der Waals surface area contributed by atoms with Gasteiger partial charge in [0.25, 0.3) is 5.91 Å². The molecule has 1 aliphatic rings. The number of amidine groups is 1. The average Bonchev–Trinajstić information content (AvgIpc) is 2.47. The first-order chi connectivity index (χ1) is 7.58. The highest BCUT2D eigenvalue weighted by molar-refractivity contribution is 6.13. The Morgan fingerprint density at radius 3 is 2.75 bits per heavy atom. The van der Waals surface area contributed by atoms with Crippen molar-refractivity contribution < 1.29 is 4.79 Å². The van der Waals surface area contributed by atoms with Crippen molar-refractivity contribution in [2.24, 2.45) is 4.99 Å². The minimum Gasteiger partial charge on any atom is -0.399 e. The Balaban J connectivity index is 2.36. The highest BCUT2D eigenvalue weighted by atomic mass is 16.2. The fourth-order valence-corrected chi connectivity index (χ4v) is 1.52. The molecule has 0 radical (unpaired) electrons. The number of hydrogen-bond acceptors (Lipinski definition) is 3. The van der Waals surface area contributed by atoms with Crippen LogP contribution in [0.15, 0.2) is 35.0 Å². The van der Waals surface area contributed by atoms with Crippen molar-refractivity contribution >= 4 is 23.5 Å². The molecule has 0 unspecified atom stereocenters. The van der Waals surface area contributed by atoms with Crippen LogP contribution in [0.25, 0.3) is 6.08 Å². The van der Waals surface area contributed by atoms with Crippen LogP contribution < -0.4 is 5.73 Å². The molecular formula is C12H13N3O. The molecule has 4 heteroatoms. The van der Waals surface area contributed by atoms with Crippen molar-refractivity contribution in [1.82, 2.24) is 4.90 Å². The molecule has 1 heterocycles. The zero-order valence-electron chi connectivity index (χ0n) is 9.27. The van der Waals surface area contributed by atoms with E-state index in [1.54, 1.807) is 26.1 Å². The lowest BCUT2D eigenvalue weighted by Gasteiger charge is -2.06. The predicted molar refractivity (Wildman–Crippen MR) is 64.7 cm³/mol. The number of carbonyl (C=O) groups excluding carboxylic acids is 1. The lowest BCUT2D eigenvalue weighted by atomic mass is 10.1. The van der Waals surface area contributed by atoms with Crippen LogP contribution in [0.3, 0.4) is 0 Å². The molecule has 1 aromatic rings. The summed E-state index contributed by atoms with van der Waals surface area (Å²) in [5.74, 6) is 0.625. The molecule has 0 saturated heterocycles. The number of nitrogens with two attached hydrogens (primary N) is 1. The van der Waals surface area contributed by atoms with Crippen LogP contribution in [-0.2, 0) is 4.79 Å². The van der Waals surface area contributed by atoms with Crippen LogP contribution in [0.2, 0.25) is 0 Å². The number of nitrogens with zero attached hydrogens (tertiary/aromatic N) is 2. The summed E-state index contributed by atoms with van der Waals surface area (Å²) < 4.78 is 0. The molecule has 1 aliphatic heterocycles. The third-order valence-corrected chi connectivity index (χ3v) is 2.51. The predicted octanol–water partition coefficient (Wildman–Crippen LogP) is 1.50. The lowest BCUT2D eigenvalue weighted by Crippen LogP contribution is -2.25. The normalized spacial score (nSPS) is 18.1. The Labute approximate surface area is 94.1 Å². The summed E-state index contributed by atoms with van der Waals surface area (Å²) in [6.07, 6.45) is 1.74. The average molecular weight is 215 g/mol. The maximum atomic E-state index is 11.7. The van der Waals surface area contributed by atoms with E-state index in [4.69, 9.17) is 5.73 Å². The second-order valence-electron chi connectivity index (χ2n) is 3.72. The number of likely N-dealkylation sites (N-methyl/N-ethyl adjacent to an activating group) is 1. The lowest BCUT2D eigenvalue weighted by molar-refractivity contribution is -0.121. The van der Waals surface area contributed by atoms with Crippen molar-refractivity contribution in [3.05, 3.63) is 35.5 Å². The molecule has 0 spiro atoms. The zero-order valence-corrected chi connectivity index (χ0v) is 9.27. The van der Waals surface area contributed by atoms with Gasteiger partial charge in [0.2, 0.25) is 0 Å². The monoisotopic (exact) mass is 215 g/mol. The van der Waals surface area contributed by atoms with E-state index in [0.29, 0.717) is 17.2 Å². The van der Waals surface area contributed by atoms with Crippen molar-refractivity contribution in [3.8, 4) is 0 Å². The molecule has 0 saturated carbocycles. The van der Waals surface area contributed by atoms with Crippen molar-refractivity contribution in [3.63, 3.8) is 0 Å². The van der Waals surface area contributed by atoms with Crippen LogP contribution in [-0.4, -0.2) is 23.7 Å². The number of carbonyl (C=O) groups is 1. The minimum atomic E-state index is -0.0834. The summed E-state index contributed by atoms with van der Waals surface area (Å²) in [7, 11) is 1.71. The summed E-state index contributed by atoms with van der Waals surface area (Å²) in [5.41, 5.74) is 7.67. The number of benzene rings is 1. The first-order valence-corrected chi connectivity index (χ1v) is 4.98. The third-order valence-electron chi connectivity index (χ3n) is 2.51. The first-order valence-electron chi connectivity index (χ1n) is 4.98. The number of rotatable bonds is 1. The molecule has 2 rings (SSSR count). The molecule has 16 heavy (non-hydrogen) atoms. The van der Waals surface area contributed by atoms with Gasteiger partial charge in [-0.2, -0.15) is 0 Å². The Morgan fingerprint density at radius 2 is 2.19 bits per heavy atom. The van der Waals surface area contributed by atoms with Gasteiger partial charge in [-0.1, -0.05) is 12.1 Å². The number of amides is 1. The highest BCUT2D eigenvalue weighted by Crippen LogP contribution is 2.17. The minimum absolute atomic E-state index is 0.0834. The Morgan fingerprint density at radius 1 is 1.44 bits per heavy atom. The van der Waals surface area contributed by atoms with E-state index in [2.05, 4.69) is 4.99 Å². The van der Waals surface area contributed by atoms with Gasteiger partial charge in [-0.3, -0.25) is 9.69 Å². The molecule has 4 nitrogen and oxygen atoms in total. The van der Waals surface area contributed by atoms with Crippen LogP contribution in [0, 0.1) is 0 Å². The summed E-state index contributed by atoms with van der Waals surface area (Å²) in [6.45, 7) is 1.80. The van der Waals surface area contributed by atoms with E-state index >= 15 is 0 Å². The summed E-state index contributed by atoms with van der Waals surface area (Å²) >= 11 is 0. The van der Waals surface area contributed by atoms with E-state index in [-0.39, 0.29) is 5.91 Å². The molecule has 82 valence electrons. The summed E-state index contributed by atoms with van der Waals surface area (Å²) in [6, 6.07) is 7.35. The largest absolute Gasteiger partial charge is 0.399 e. The second kappa shape index (κ2) is 3.81. The van der Waals surface area contributed by atoms with E-state index < -0.39 is 0 Å². The quantitative estimate of drug-likeness (QED) is 0.570. The maximum absolute atomic E-state index is 11.7. The number of aliphatic imine (C=N–C) groups is 1. The van der Waals surface area contributed by atoms with Gasteiger partial charge in [-0.15, -0.1) is 0 Å². The summed E-state index contributed by atoms with van der Waals surface area (Å²) in [5, 5.41) is 0. The van der Waals surface area contributed by atoms with Crippen LogP contribution in [0.5, 0.6) is 0 Å². The third kappa shape index (κ3) is 1.82. The van der Waals surface area contributed by atoms with Gasteiger partial charge in [0.1, 0.15) is 11.5 Å². The van der Waals surface area contributed by atoms with Crippen molar-refractivity contribution in [2.45, 2.75) is 6.92 Å². The maximum Gasteiger partial charge on any atom is 0.277 e. The second-order valence-corrected chi connectivity index (χ2v) is 3.72. The summed E-state index contributed by atoms with van der Waals surface area (Å²) in [4.78, 5) is 17.4. The molecule has 0 fully saturated rings. The fourth-order valence-electron chi connectivity index (χ4n) is 1.52. The number of hydrogen-bond donors (Lipinski definition) is 1. The van der Waals surface area contributed by atoms with Gasteiger partial charge >= 0.3 is 0 Å². The van der Waals surface area contributed by atoms with Crippen LogP contribution in [0.1, 0.15) is 12.5 Å². The Bertz CT molecular complexity index is 503. The molecule has 2 N–H and O–H groups in total. The van der Waals surface area contributed by atoms with Gasteiger partial charge in [0.15, 0.2) is 0 Å². The number of anilines is 1. The van der Waals surface area contributed by atoms with Crippen LogP contribution in [0.4, 0.5) is 5.69 Å². The number of nitrogen functional groups attached to an aromatic ring is 1. The van der Waals surface area contributed by atoms with Gasteiger partial charge in [-0.25, -0.2) is 4.99 Å². The standard InChI is InChI=1S/C12H13N3O/c1-8-14-11(12(16)15(8)2)7-9-4-3-5-10(13)6-9/h3-7H,13H2,1-2H3/b11-7-.